The van der Waals surface area contributed by atoms with Gasteiger partial charge >= 0.3 is 5.97 Å². The third-order valence-corrected chi connectivity index (χ3v) is 3.32. The Morgan fingerprint density at radius 1 is 1.05 bits per heavy atom. The maximum Gasteiger partial charge on any atom is 0.323 e. The number of carbonyl (C=O) groups excluding carboxylic acids is 1. The SMILES string of the molecule is O=C(O)CN(Cc1ccc(Cl)cc1)C(=O)c1ccc(Cl)cn1. The van der Waals surface area contributed by atoms with E-state index in [9.17, 15) is 9.59 Å². The molecule has 1 aromatic heterocycles. The zero-order valence-corrected chi connectivity index (χ0v) is 12.9. The molecule has 0 atom stereocenters. The molecule has 0 fully saturated rings. The molecular formula is C15H12Cl2N2O3. The molecule has 0 unspecified atom stereocenters. The van der Waals surface area contributed by atoms with E-state index < -0.39 is 18.4 Å². The number of amides is 1. The number of aromatic nitrogens is 1. The van der Waals surface area contributed by atoms with Crippen LogP contribution in [0, 0.1) is 0 Å². The van der Waals surface area contributed by atoms with Gasteiger partial charge in [0.05, 0.1) is 5.02 Å². The van der Waals surface area contributed by atoms with Crippen LogP contribution in [-0.2, 0) is 11.3 Å². The van der Waals surface area contributed by atoms with Crippen LogP contribution in [0.2, 0.25) is 10.0 Å². The summed E-state index contributed by atoms with van der Waals surface area (Å²) < 4.78 is 0. The molecule has 0 bridgehead atoms. The molecule has 22 heavy (non-hydrogen) atoms. The zero-order chi connectivity index (χ0) is 16.1. The quantitative estimate of drug-likeness (QED) is 0.909. The summed E-state index contributed by atoms with van der Waals surface area (Å²) in [5.41, 5.74) is 0.910. The molecule has 114 valence electrons. The first kappa shape index (κ1) is 16.3. The number of pyridine rings is 1. The Hall–Kier alpha value is -2.11. The normalized spacial score (nSPS) is 10.3. The Morgan fingerprint density at radius 3 is 2.23 bits per heavy atom. The van der Waals surface area contributed by atoms with Crippen LogP contribution in [0.4, 0.5) is 0 Å². The molecule has 1 amide bonds. The van der Waals surface area contributed by atoms with Gasteiger partial charge in [0.15, 0.2) is 0 Å². The summed E-state index contributed by atoms with van der Waals surface area (Å²) in [4.78, 5) is 28.5. The molecule has 0 saturated heterocycles. The fourth-order valence-electron chi connectivity index (χ4n) is 1.84. The largest absolute Gasteiger partial charge is 0.480 e. The van der Waals surface area contributed by atoms with E-state index in [1.54, 1.807) is 24.3 Å². The first-order valence-corrected chi connectivity index (χ1v) is 7.08. The Balaban J connectivity index is 2.21. The molecule has 2 rings (SSSR count). The fourth-order valence-corrected chi connectivity index (χ4v) is 2.08. The molecule has 0 aliphatic heterocycles. The van der Waals surface area contributed by atoms with E-state index >= 15 is 0 Å². The maximum absolute atomic E-state index is 12.4. The van der Waals surface area contributed by atoms with Gasteiger partial charge < -0.3 is 10.0 Å². The number of aliphatic carboxylic acids is 1. The molecule has 0 aliphatic rings. The minimum absolute atomic E-state index is 0.139. The predicted molar refractivity (Wildman–Crippen MR) is 83.1 cm³/mol. The van der Waals surface area contributed by atoms with Gasteiger partial charge in [-0.15, -0.1) is 0 Å². The second-order valence-electron chi connectivity index (χ2n) is 4.54. The number of hydrogen-bond acceptors (Lipinski definition) is 3. The number of carboxylic acid groups (broad SMARTS) is 1. The number of rotatable bonds is 5. The minimum atomic E-state index is -1.10. The van der Waals surface area contributed by atoms with Crippen LogP contribution < -0.4 is 0 Å². The lowest BCUT2D eigenvalue weighted by Crippen LogP contribution is -2.35. The molecule has 2 aromatic rings. The van der Waals surface area contributed by atoms with Crippen molar-refractivity contribution in [2.75, 3.05) is 6.54 Å². The second-order valence-corrected chi connectivity index (χ2v) is 5.42. The smallest absolute Gasteiger partial charge is 0.323 e. The average molecular weight is 339 g/mol. The van der Waals surface area contributed by atoms with Crippen molar-refractivity contribution in [2.45, 2.75) is 6.54 Å². The van der Waals surface area contributed by atoms with Crippen molar-refractivity contribution in [3.63, 3.8) is 0 Å². The Kier molecular flexibility index (Phi) is 5.35. The number of halogens is 2. The second kappa shape index (κ2) is 7.24. The molecule has 7 heteroatoms. The standard InChI is InChI=1S/C15H12Cl2N2O3/c16-11-3-1-10(2-4-11)8-19(9-14(20)21)15(22)13-6-5-12(17)7-18-13/h1-7H,8-9H2,(H,20,21). The van der Waals surface area contributed by atoms with Crippen molar-refractivity contribution in [1.29, 1.82) is 0 Å². The van der Waals surface area contributed by atoms with Crippen molar-refractivity contribution in [3.8, 4) is 0 Å². The van der Waals surface area contributed by atoms with Gasteiger partial charge in [0.25, 0.3) is 5.91 Å². The van der Waals surface area contributed by atoms with Gasteiger partial charge in [-0.3, -0.25) is 9.59 Å². The zero-order valence-electron chi connectivity index (χ0n) is 11.4. The molecule has 1 heterocycles. The summed E-state index contributed by atoms with van der Waals surface area (Å²) in [5, 5.41) is 9.96. The molecule has 5 nitrogen and oxygen atoms in total. The Bertz CT molecular complexity index is 672. The number of benzene rings is 1. The molecular weight excluding hydrogens is 327 g/mol. The van der Waals surface area contributed by atoms with E-state index in [0.717, 1.165) is 5.56 Å². The van der Waals surface area contributed by atoms with Crippen LogP contribution in [0.15, 0.2) is 42.6 Å². The van der Waals surface area contributed by atoms with Crippen molar-refractivity contribution >= 4 is 35.1 Å². The summed E-state index contributed by atoms with van der Waals surface area (Å²) in [6.07, 6.45) is 1.34. The van der Waals surface area contributed by atoms with Crippen molar-refractivity contribution in [2.24, 2.45) is 0 Å². The summed E-state index contributed by atoms with van der Waals surface area (Å²) in [7, 11) is 0. The lowest BCUT2D eigenvalue weighted by atomic mass is 10.2. The van der Waals surface area contributed by atoms with Crippen LogP contribution in [0.3, 0.4) is 0 Å². The highest BCUT2D eigenvalue weighted by Crippen LogP contribution is 2.14. The third kappa shape index (κ3) is 4.44. The topological polar surface area (TPSA) is 70.5 Å². The first-order chi connectivity index (χ1) is 10.5. The van der Waals surface area contributed by atoms with E-state index in [4.69, 9.17) is 28.3 Å². The number of carbonyl (C=O) groups is 2. The minimum Gasteiger partial charge on any atom is -0.480 e. The van der Waals surface area contributed by atoms with Gasteiger partial charge in [-0.2, -0.15) is 0 Å². The fraction of sp³-hybridized carbons (Fsp3) is 0.133. The van der Waals surface area contributed by atoms with Gasteiger partial charge in [0, 0.05) is 17.8 Å². The summed E-state index contributed by atoms with van der Waals surface area (Å²) in [5.74, 6) is -1.58. The molecule has 0 saturated carbocycles. The van der Waals surface area contributed by atoms with E-state index in [0.29, 0.717) is 10.0 Å². The maximum atomic E-state index is 12.4. The van der Waals surface area contributed by atoms with Gasteiger partial charge in [-0.05, 0) is 29.8 Å². The molecule has 1 N–H and O–H groups in total. The lowest BCUT2D eigenvalue weighted by Gasteiger charge is -2.20. The van der Waals surface area contributed by atoms with Crippen LogP contribution in [-0.4, -0.2) is 33.4 Å². The summed E-state index contributed by atoms with van der Waals surface area (Å²) in [6.45, 7) is -0.279. The predicted octanol–water partition coefficient (Wildman–Crippen LogP) is 3.12. The van der Waals surface area contributed by atoms with Gasteiger partial charge in [-0.25, -0.2) is 4.98 Å². The van der Waals surface area contributed by atoms with Crippen LogP contribution in [0.1, 0.15) is 16.1 Å². The molecule has 0 radical (unpaired) electrons. The Labute approximate surface area is 137 Å². The monoisotopic (exact) mass is 338 g/mol. The molecule has 0 aliphatic carbocycles. The highest BCUT2D eigenvalue weighted by Gasteiger charge is 2.20. The third-order valence-electron chi connectivity index (χ3n) is 2.85. The van der Waals surface area contributed by atoms with Crippen molar-refractivity contribution in [3.05, 3.63) is 63.9 Å². The van der Waals surface area contributed by atoms with Gasteiger partial charge in [-0.1, -0.05) is 35.3 Å². The number of nitrogens with zero attached hydrogens (tertiary/aromatic N) is 2. The first-order valence-electron chi connectivity index (χ1n) is 6.33. The lowest BCUT2D eigenvalue weighted by molar-refractivity contribution is -0.137. The molecule has 1 aromatic carbocycles. The van der Waals surface area contributed by atoms with Gasteiger partial charge in [0.1, 0.15) is 12.2 Å². The van der Waals surface area contributed by atoms with Crippen molar-refractivity contribution in [1.82, 2.24) is 9.88 Å². The van der Waals surface area contributed by atoms with E-state index in [1.165, 1.54) is 23.2 Å². The van der Waals surface area contributed by atoms with E-state index in [2.05, 4.69) is 4.98 Å². The van der Waals surface area contributed by atoms with Crippen molar-refractivity contribution < 1.29 is 14.7 Å². The highest BCUT2D eigenvalue weighted by atomic mass is 35.5. The highest BCUT2D eigenvalue weighted by molar-refractivity contribution is 6.30. The number of carboxylic acids is 1. The van der Waals surface area contributed by atoms with Gasteiger partial charge in [0.2, 0.25) is 0 Å². The van der Waals surface area contributed by atoms with Crippen LogP contribution in [0.25, 0.3) is 0 Å². The average Bonchev–Trinajstić information content (AvgIpc) is 2.48. The van der Waals surface area contributed by atoms with E-state index in [-0.39, 0.29) is 12.2 Å². The number of hydrogen-bond donors (Lipinski definition) is 1. The van der Waals surface area contributed by atoms with Crippen LogP contribution >= 0.6 is 23.2 Å². The Morgan fingerprint density at radius 2 is 1.68 bits per heavy atom. The van der Waals surface area contributed by atoms with E-state index in [1.807, 2.05) is 0 Å². The summed E-state index contributed by atoms with van der Waals surface area (Å²) in [6, 6.07) is 9.83. The molecule has 0 spiro atoms. The summed E-state index contributed by atoms with van der Waals surface area (Å²) >= 11 is 11.5. The van der Waals surface area contributed by atoms with Crippen LogP contribution in [0.5, 0.6) is 0 Å².